The number of benzene rings is 1. The van der Waals surface area contributed by atoms with Gasteiger partial charge in [-0.25, -0.2) is 9.38 Å². The fourth-order valence-corrected chi connectivity index (χ4v) is 2.90. The highest BCUT2D eigenvalue weighted by molar-refractivity contribution is 14.0. The van der Waals surface area contributed by atoms with Crippen LogP contribution in [-0.4, -0.2) is 56.3 Å². The predicted molar refractivity (Wildman–Crippen MR) is 116 cm³/mol. The topological polar surface area (TPSA) is 48.9 Å². The van der Waals surface area contributed by atoms with E-state index >= 15 is 0 Å². The van der Waals surface area contributed by atoms with Gasteiger partial charge in [0.25, 0.3) is 0 Å². The third-order valence-electron chi connectivity index (χ3n) is 4.02. The number of ether oxygens (including phenoxy) is 1. The summed E-state index contributed by atoms with van der Waals surface area (Å²) in [4.78, 5) is 7.03. The molecule has 0 saturated carbocycles. The first kappa shape index (κ1) is 23.1. The molecule has 26 heavy (non-hydrogen) atoms. The maximum Gasteiger partial charge on any atom is 0.191 e. The van der Waals surface area contributed by atoms with Gasteiger partial charge in [-0.3, -0.25) is 4.90 Å². The molecule has 0 spiro atoms. The SMILES string of the molecule is CCNC(=NCc1ccc(F)cc1)NCC1CN(CC(C)C)CCO1.I. The van der Waals surface area contributed by atoms with Crippen molar-refractivity contribution in [1.82, 2.24) is 15.5 Å². The smallest absolute Gasteiger partial charge is 0.191 e. The number of halogens is 2. The molecular weight excluding hydrogens is 446 g/mol. The van der Waals surface area contributed by atoms with E-state index in [-0.39, 0.29) is 35.9 Å². The van der Waals surface area contributed by atoms with Crippen molar-refractivity contribution in [2.24, 2.45) is 10.9 Å². The number of hydrogen-bond acceptors (Lipinski definition) is 3. The predicted octanol–water partition coefficient (Wildman–Crippen LogP) is 2.86. The molecule has 1 unspecified atom stereocenters. The van der Waals surface area contributed by atoms with Crippen molar-refractivity contribution in [2.45, 2.75) is 33.4 Å². The number of guanidine groups is 1. The van der Waals surface area contributed by atoms with Crippen LogP contribution in [-0.2, 0) is 11.3 Å². The van der Waals surface area contributed by atoms with Crippen LogP contribution < -0.4 is 10.6 Å². The molecule has 1 aromatic rings. The zero-order chi connectivity index (χ0) is 18.1. The lowest BCUT2D eigenvalue weighted by Crippen LogP contribution is -2.50. The first-order valence-electron chi connectivity index (χ1n) is 9.17. The number of nitrogens with one attached hydrogen (secondary N) is 2. The summed E-state index contributed by atoms with van der Waals surface area (Å²) < 4.78 is 18.8. The molecule has 1 atom stereocenters. The Bertz CT molecular complexity index is 539. The van der Waals surface area contributed by atoms with Gasteiger partial charge in [-0.05, 0) is 30.5 Å². The van der Waals surface area contributed by atoms with E-state index in [1.807, 2.05) is 6.92 Å². The molecule has 1 aliphatic heterocycles. The van der Waals surface area contributed by atoms with Crippen LogP contribution >= 0.6 is 24.0 Å². The van der Waals surface area contributed by atoms with Gasteiger partial charge in [0.1, 0.15) is 5.82 Å². The first-order valence-corrected chi connectivity index (χ1v) is 9.17. The molecule has 2 rings (SSSR count). The molecule has 2 N–H and O–H groups in total. The van der Waals surface area contributed by atoms with E-state index in [9.17, 15) is 4.39 Å². The molecule has 1 aromatic carbocycles. The number of aliphatic imine (C=N–C) groups is 1. The Morgan fingerprint density at radius 3 is 2.69 bits per heavy atom. The second-order valence-corrected chi connectivity index (χ2v) is 6.85. The van der Waals surface area contributed by atoms with Gasteiger partial charge in [-0.2, -0.15) is 0 Å². The second-order valence-electron chi connectivity index (χ2n) is 6.85. The highest BCUT2D eigenvalue weighted by Gasteiger charge is 2.21. The van der Waals surface area contributed by atoms with Crippen LogP contribution in [0.3, 0.4) is 0 Å². The highest BCUT2D eigenvalue weighted by atomic mass is 127. The van der Waals surface area contributed by atoms with Crippen LogP contribution in [0.1, 0.15) is 26.3 Å². The van der Waals surface area contributed by atoms with Crippen molar-refractivity contribution >= 4 is 29.9 Å². The second kappa shape index (κ2) is 12.5. The minimum Gasteiger partial charge on any atom is -0.374 e. The maximum atomic E-state index is 13.0. The number of morpholine rings is 1. The van der Waals surface area contributed by atoms with E-state index < -0.39 is 0 Å². The Hall–Kier alpha value is -0.930. The maximum absolute atomic E-state index is 13.0. The molecule has 148 valence electrons. The van der Waals surface area contributed by atoms with E-state index in [0.29, 0.717) is 12.5 Å². The minimum absolute atomic E-state index is 0. The average molecular weight is 478 g/mol. The lowest BCUT2D eigenvalue weighted by molar-refractivity contribution is -0.0284. The molecule has 0 radical (unpaired) electrons. The van der Waals surface area contributed by atoms with Crippen molar-refractivity contribution in [1.29, 1.82) is 0 Å². The molecule has 1 fully saturated rings. The van der Waals surface area contributed by atoms with E-state index in [1.54, 1.807) is 12.1 Å². The van der Waals surface area contributed by atoms with Crippen LogP contribution in [0.2, 0.25) is 0 Å². The van der Waals surface area contributed by atoms with E-state index in [2.05, 4.69) is 34.4 Å². The number of nitrogens with zero attached hydrogens (tertiary/aromatic N) is 2. The van der Waals surface area contributed by atoms with Crippen molar-refractivity contribution in [2.75, 3.05) is 39.3 Å². The third-order valence-corrected chi connectivity index (χ3v) is 4.02. The van der Waals surface area contributed by atoms with Gasteiger partial charge in [-0.1, -0.05) is 26.0 Å². The molecule has 1 saturated heterocycles. The van der Waals surface area contributed by atoms with Crippen LogP contribution in [0.4, 0.5) is 4.39 Å². The minimum atomic E-state index is -0.224. The zero-order valence-corrected chi connectivity index (χ0v) is 18.3. The fraction of sp³-hybridized carbons (Fsp3) is 0.632. The molecule has 0 amide bonds. The van der Waals surface area contributed by atoms with Gasteiger partial charge in [-0.15, -0.1) is 24.0 Å². The zero-order valence-electron chi connectivity index (χ0n) is 16.0. The van der Waals surface area contributed by atoms with Crippen LogP contribution in [0, 0.1) is 11.7 Å². The van der Waals surface area contributed by atoms with Crippen LogP contribution in [0.5, 0.6) is 0 Å². The van der Waals surface area contributed by atoms with E-state index in [0.717, 1.165) is 50.9 Å². The van der Waals surface area contributed by atoms with Gasteiger partial charge in [0, 0.05) is 32.7 Å². The highest BCUT2D eigenvalue weighted by Crippen LogP contribution is 2.07. The van der Waals surface area contributed by atoms with Gasteiger partial charge in [0.15, 0.2) is 5.96 Å². The Kier molecular flexibility index (Phi) is 11.1. The molecule has 5 nitrogen and oxygen atoms in total. The molecule has 1 aliphatic rings. The lowest BCUT2D eigenvalue weighted by atomic mass is 10.2. The number of hydrogen-bond donors (Lipinski definition) is 2. The summed E-state index contributed by atoms with van der Waals surface area (Å²) in [5.74, 6) is 1.20. The van der Waals surface area contributed by atoms with E-state index in [1.165, 1.54) is 12.1 Å². The first-order chi connectivity index (χ1) is 12.1. The molecule has 0 aliphatic carbocycles. The summed E-state index contributed by atoms with van der Waals surface area (Å²) in [5.41, 5.74) is 0.982. The van der Waals surface area contributed by atoms with Crippen molar-refractivity contribution in [3.8, 4) is 0 Å². The summed E-state index contributed by atoms with van der Waals surface area (Å²) in [6, 6.07) is 6.45. The van der Waals surface area contributed by atoms with Gasteiger partial charge in [0.2, 0.25) is 0 Å². The monoisotopic (exact) mass is 478 g/mol. The molecule has 0 aromatic heterocycles. The van der Waals surface area contributed by atoms with Gasteiger partial charge < -0.3 is 15.4 Å². The van der Waals surface area contributed by atoms with Gasteiger partial charge >= 0.3 is 0 Å². The molecule has 7 heteroatoms. The summed E-state index contributed by atoms with van der Waals surface area (Å²) in [7, 11) is 0. The Balaban J connectivity index is 0.00000338. The largest absolute Gasteiger partial charge is 0.374 e. The summed E-state index contributed by atoms with van der Waals surface area (Å²) >= 11 is 0. The van der Waals surface area contributed by atoms with Gasteiger partial charge in [0.05, 0.1) is 19.3 Å². The quantitative estimate of drug-likeness (QED) is 0.360. The fourth-order valence-electron chi connectivity index (χ4n) is 2.90. The lowest BCUT2D eigenvalue weighted by Gasteiger charge is -2.34. The van der Waals surface area contributed by atoms with Crippen molar-refractivity contribution in [3.63, 3.8) is 0 Å². The number of rotatable bonds is 7. The Morgan fingerprint density at radius 1 is 1.31 bits per heavy atom. The molecular formula is C19H32FIN4O. The standard InChI is InChI=1S/C19H31FN4O.HI/c1-4-21-19(22-11-16-5-7-17(20)8-6-16)23-12-18-14-24(9-10-25-18)13-15(2)3;/h5-8,15,18H,4,9-14H2,1-3H3,(H2,21,22,23);1H. The molecule has 0 bridgehead atoms. The normalized spacial score (nSPS) is 18.5. The summed E-state index contributed by atoms with van der Waals surface area (Å²) in [5, 5.41) is 6.60. The summed E-state index contributed by atoms with van der Waals surface area (Å²) in [6.07, 6.45) is 0.169. The Morgan fingerprint density at radius 2 is 2.04 bits per heavy atom. The van der Waals surface area contributed by atoms with Crippen molar-refractivity contribution in [3.05, 3.63) is 35.6 Å². The third kappa shape index (κ3) is 8.64. The average Bonchev–Trinajstić information content (AvgIpc) is 2.58. The van der Waals surface area contributed by atoms with E-state index in [4.69, 9.17) is 4.74 Å². The summed E-state index contributed by atoms with van der Waals surface area (Å²) in [6.45, 7) is 12.4. The van der Waals surface area contributed by atoms with Crippen molar-refractivity contribution < 1.29 is 9.13 Å². The molecule has 1 heterocycles. The Labute approximate surface area is 173 Å². The van der Waals surface area contributed by atoms with Crippen LogP contribution in [0.25, 0.3) is 0 Å². The van der Waals surface area contributed by atoms with Crippen LogP contribution in [0.15, 0.2) is 29.3 Å².